The summed E-state index contributed by atoms with van der Waals surface area (Å²) < 4.78 is 12.0. The first-order chi connectivity index (χ1) is 8.31. The lowest BCUT2D eigenvalue weighted by molar-refractivity contribution is -0.170. The van der Waals surface area contributed by atoms with Crippen molar-refractivity contribution in [2.24, 2.45) is 0 Å². The minimum Gasteiger partial charge on any atom is -0.388 e. The topological polar surface area (TPSA) is 55.8 Å². The first kappa shape index (κ1) is 12.1. The third-order valence-corrected chi connectivity index (χ3v) is 4.43. The number of hydrogen-bond acceptors (Lipinski definition) is 4. The Labute approximate surface area is 106 Å². The predicted octanol–water partition coefficient (Wildman–Crippen LogP) is 1.49. The maximum absolute atomic E-state index is 12.1. The van der Waals surface area contributed by atoms with Gasteiger partial charge in [0.05, 0.1) is 18.3 Å². The molecule has 0 radical (unpaired) electrons. The monoisotopic (exact) mass is 250 g/mol. The van der Waals surface area contributed by atoms with E-state index in [1.807, 2.05) is 13.8 Å². The smallest absolute Gasteiger partial charge is 0.218 e. The quantitative estimate of drug-likeness (QED) is 0.707. The Bertz CT molecular complexity index is 516. The van der Waals surface area contributed by atoms with Crippen molar-refractivity contribution in [3.8, 4) is 0 Å². The van der Waals surface area contributed by atoms with E-state index in [1.165, 1.54) is 0 Å². The summed E-state index contributed by atoms with van der Waals surface area (Å²) in [4.78, 5) is 12.1. The van der Waals surface area contributed by atoms with Gasteiger partial charge in [-0.3, -0.25) is 4.79 Å². The summed E-state index contributed by atoms with van der Waals surface area (Å²) in [6, 6.07) is 0. The van der Waals surface area contributed by atoms with Crippen LogP contribution in [-0.2, 0) is 14.3 Å². The van der Waals surface area contributed by atoms with Crippen molar-refractivity contribution >= 4 is 5.78 Å². The molecule has 0 aromatic heterocycles. The number of hydrogen-bond donors (Lipinski definition) is 1. The zero-order valence-corrected chi connectivity index (χ0v) is 11.2. The third-order valence-electron chi connectivity index (χ3n) is 4.43. The number of aliphatic hydroxyl groups is 1. The Morgan fingerprint density at radius 3 is 2.61 bits per heavy atom. The average Bonchev–Trinajstić information content (AvgIpc) is 2.58. The van der Waals surface area contributed by atoms with Crippen molar-refractivity contribution in [2.75, 3.05) is 6.61 Å². The number of ketones is 1. The number of aliphatic hydroxyl groups excluding tert-OH is 1. The Balaban J connectivity index is 2.25. The molecular formula is C14H18O4. The van der Waals surface area contributed by atoms with Crippen LogP contribution in [-0.4, -0.2) is 35.0 Å². The lowest BCUT2D eigenvalue weighted by Gasteiger charge is -2.44. The SMILES string of the molecule is CC1=C(C)[C@]23OC[C@](C)(CC(O)C2=C(C)C1=O)O3. The molecule has 0 aromatic carbocycles. The van der Waals surface area contributed by atoms with Crippen LogP contribution in [0.25, 0.3) is 0 Å². The van der Waals surface area contributed by atoms with Crippen molar-refractivity contribution in [3.05, 3.63) is 22.3 Å². The van der Waals surface area contributed by atoms with Gasteiger partial charge in [-0.15, -0.1) is 0 Å². The van der Waals surface area contributed by atoms with E-state index in [9.17, 15) is 9.90 Å². The van der Waals surface area contributed by atoms with Crippen molar-refractivity contribution in [3.63, 3.8) is 0 Å². The highest BCUT2D eigenvalue weighted by molar-refractivity contribution is 6.10. The van der Waals surface area contributed by atoms with Gasteiger partial charge < -0.3 is 14.6 Å². The summed E-state index contributed by atoms with van der Waals surface area (Å²) in [5, 5.41) is 10.3. The van der Waals surface area contributed by atoms with Crippen LogP contribution in [0, 0.1) is 0 Å². The summed E-state index contributed by atoms with van der Waals surface area (Å²) in [6.45, 7) is 7.77. The van der Waals surface area contributed by atoms with Gasteiger partial charge in [-0.1, -0.05) is 0 Å². The minimum absolute atomic E-state index is 0.0186. The van der Waals surface area contributed by atoms with Gasteiger partial charge in [0.2, 0.25) is 5.79 Å². The number of Topliss-reactive ketones (excluding diaryl/α,β-unsaturated/α-hetero) is 1. The summed E-state index contributed by atoms with van der Waals surface area (Å²) in [5.41, 5.74) is 2.13. The van der Waals surface area contributed by atoms with Crippen LogP contribution >= 0.6 is 0 Å². The highest BCUT2D eigenvalue weighted by Crippen LogP contribution is 2.53. The molecule has 0 aromatic rings. The Kier molecular flexibility index (Phi) is 2.23. The second-order valence-electron chi connectivity index (χ2n) is 5.79. The van der Waals surface area contributed by atoms with Crippen LogP contribution in [0.5, 0.6) is 0 Å². The second-order valence-corrected chi connectivity index (χ2v) is 5.79. The fraction of sp³-hybridized carbons (Fsp3) is 0.643. The molecule has 1 aliphatic carbocycles. The molecular weight excluding hydrogens is 232 g/mol. The fourth-order valence-electron chi connectivity index (χ4n) is 3.33. The predicted molar refractivity (Wildman–Crippen MR) is 64.9 cm³/mol. The standard InChI is InChI=1S/C14H18O4/c1-7-9(3)14-11(8(2)12(7)16)10(15)5-13(4,18-14)6-17-14/h10,15H,5-6H2,1-4H3/t10?,13-,14+/m0/s1. The lowest BCUT2D eigenvalue weighted by Crippen LogP contribution is -2.51. The zero-order chi connectivity index (χ0) is 13.3. The van der Waals surface area contributed by atoms with E-state index in [4.69, 9.17) is 9.47 Å². The molecule has 3 rings (SSSR count). The molecule has 98 valence electrons. The molecule has 0 saturated carbocycles. The summed E-state index contributed by atoms with van der Waals surface area (Å²) >= 11 is 0. The number of rotatable bonds is 0. The van der Waals surface area contributed by atoms with Gasteiger partial charge >= 0.3 is 0 Å². The van der Waals surface area contributed by atoms with Crippen molar-refractivity contribution in [1.82, 2.24) is 0 Å². The summed E-state index contributed by atoms with van der Waals surface area (Å²) in [6.07, 6.45) is -0.195. The lowest BCUT2D eigenvalue weighted by atomic mass is 9.76. The van der Waals surface area contributed by atoms with Gasteiger partial charge in [-0.05, 0) is 33.3 Å². The largest absolute Gasteiger partial charge is 0.388 e. The number of allylic oxidation sites excluding steroid dienone is 2. The van der Waals surface area contributed by atoms with Crippen molar-refractivity contribution in [2.45, 2.75) is 51.6 Å². The number of carbonyl (C=O) groups is 1. The first-order valence-corrected chi connectivity index (χ1v) is 6.27. The van der Waals surface area contributed by atoms with Crippen LogP contribution in [0.15, 0.2) is 22.3 Å². The van der Waals surface area contributed by atoms with E-state index < -0.39 is 17.5 Å². The normalized spacial score (nSPS) is 43.6. The van der Waals surface area contributed by atoms with Gasteiger partial charge in [0, 0.05) is 23.1 Å². The van der Waals surface area contributed by atoms with E-state index in [0.717, 1.165) is 5.57 Å². The molecule has 2 bridgehead atoms. The molecule has 0 amide bonds. The van der Waals surface area contributed by atoms with Crippen molar-refractivity contribution < 1.29 is 19.4 Å². The maximum atomic E-state index is 12.1. The molecule has 2 aliphatic heterocycles. The number of carbonyl (C=O) groups excluding carboxylic acids is 1. The molecule has 4 nitrogen and oxygen atoms in total. The molecule has 2 heterocycles. The maximum Gasteiger partial charge on any atom is 0.218 e. The van der Waals surface area contributed by atoms with Crippen LogP contribution in [0.3, 0.4) is 0 Å². The van der Waals surface area contributed by atoms with Gasteiger partial charge in [0.1, 0.15) is 0 Å². The second kappa shape index (κ2) is 3.32. The summed E-state index contributed by atoms with van der Waals surface area (Å²) in [5.74, 6) is -1.02. The molecule has 3 atom stereocenters. The molecule has 18 heavy (non-hydrogen) atoms. The van der Waals surface area contributed by atoms with E-state index in [0.29, 0.717) is 29.7 Å². The van der Waals surface area contributed by atoms with Crippen LogP contribution < -0.4 is 0 Å². The van der Waals surface area contributed by atoms with E-state index >= 15 is 0 Å². The minimum atomic E-state index is -1.01. The van der Waals surface area contributed by atoms with E-state index in [1.54, 1.807) is 13.8 Å². The fourth-order valence-corrected chi connectivity index (χ4v) is 3.33. The number of ether oxygens (including phenoxy) is 2. The van der Waals surface area contributed by atoms with Gasteiger partial charge in [-0.25, -0.2) is 0 Å². The molecule has 1 N–H and O–H groups in total. The third kappa shape index (κ3) is 1.23. The highest BCUT2D eigenvalue weighted by atomic mass is 16.8. The zero-order valence-electron chi connectivity index (χ0n) is 11.2. The van der Waals surface area contributed by atoms with Crippen LogP contribution in [0.1, 0.15) is 34.1 Å². The van der Waals surface area contributed by atoms with Gasteiger partial charge in [0.15, 0.2) is 5.78 Å². The molecule has 1 spiro atoms. The van der Waals surface area contributed by atoms with Crippen LogP contribution in [0.2, 0.25) is 0 Å². The van der Waals surface area contributed by atoms with Gasteiger partial charge in [0.25, 0.3) is 0 Å². The Morgan fingerprint density at radius 1 is 1.28 bits per heavy atom. The average molecular weight is 250 g/mol. The molecule has 4 heteroatoms. The van der Waals surface area contributed by atoms with Crippen LogP contribution in [0.4, 0.5) is 0 Å². The van der Waals surface area contributed by atoms with Crippen molar-refractivity contribution in [1.29, 1.82) is 0 Å². The van der Waals surface area contributed by atoms with Gasteiger partial charge in [-0.2, -0.15) is 0 Å². The van der Waals surface area contributed by atoms with E-state index in [2.05, 4.69) is 0 Å². The molecule has 1 unspecified atom stereocenters. The van der Waals surface area contributed by atoms with E-state index in [-0.39, 0.29) is 5.78 Å². The first-order valence-electron chi connectivity index (χ1n) is 6.27. The Morgan fingerprint density at radius 2 is 1.94 bits per heavy atom. The number of fused-ring (bicyclic) bond motifs is 1. The molecule has 3 aliphatic rings. The molecule has 2 fully saturated rings. The highest BCUT2D eigenvalue weighted by Gasteiger charge is 2.61. The summed E-state index contributed by atoms with van der Waals surface area (Å²) in [7, 11) is 0. The molecule has 2 saturated heterocycles. The Hall–Kier alpha value is -0.970.